The fourth-order valence-corrected chi connectivity index (χ4v) is 2.31. The van der Waals surface area contributed by atoms with Gasteiger partial charge < -0.3 is 4.74 Å². The van der Waals surface area contributed by atoms with Crippen molar-refractivity contribution >= 4 is 17.3 Å². The lowest BCUT2D eigenvalue weighted by Crippen LogP contribution is -1.97. The molecule has 0 N–H and O–H groups in total. The Bertz CT molecular complexity index is 678. The van der Waals surface area contributed by atoms with Crippen LogP contribution in [0.25, 0.3) is 5.76 Å². The van der Waals surface area contributed by atoms with E-state index in [-0.39, 0.29) is 0 Å². The summed E-state index contributed by atoms with van der Waals surface area (Å²) >= 11 is 0. The number of ether oxygens (including phenoxy) is 1. The molecule has 0 amide bonds. The molecule has 0 fully saturated rings. The molecule has 1 heterocycles. The number of hydrogen-bond donors (Lipinski definition) is 0. The molecule has 2 aromatic carbocycles. The van der Waals surface area contributed by atoms with Crippen LogP contribution in [0.2, 0.25) is 0 Å². The molecule has 0 saturated heterocycles. The van der Waals surface area contributed by atoms with Gasteiger partial charge in [-0.25, -0.2) is 4.99 Å². The van der Waals surface area contributed by atoms with E-state index in [4.69, 9.17) is 4.74 Å². The van der Waals surface area contributed by atoms with Crippen LogP contribution < -0.4 is 0 Å². The number of aryl methyl sites for hydroxylation is 2. The lowest BCUT2D eigenvalue weighted by molar-refractivity contribution is 0.527. The predicted octanol–water partition coefficient (Wildman–Crippen LogP) is 4.38. The van der Waals surface area contributed by atoms with Gasteiger partial charge in [0.15, 0.2) is 0 Å². The fraction of sp³-hybridized carbons (Fsp3) is 0.118. The Labute approximate surface area is 113 Å². The van der Waals surface area contributed by atoms with Crippen molar-refractivity contribution in [2.75, 3.05) is 0 Å². The van der Waals surface area contributed by atoms with Crippen LogP contribution in [-0.4, -0.2) is 5.90 Å². The minimum absolute atomic E-state index is 0.637. The zero-order chi connectivity index (χ0) is 13.4. The van der Waals surface area contributed by atoms with Crippen molar-refractivity contribution in [3.05, 3.63) is 71.3 Å². The number of para-hydroxylation sites is 1. The molecule has 3 rings (SSSR count). The van der Waals surface area contributed by atoms with Gasteiger partial charge in [-0.05, 0) is 31.0 Å². The molecular weight excluding hydrogens is 234 g/mol. The smallest absolute Gasteiger partial charge is 0.227 e. The summed E-state index contributed by atoms with van der Waals surface area (Å²) in [5.41, 5.74) is 5.29. The van der Waals surface area contributed by atoms with Gasteiger partial charge in [0.1, 0.15) is 5.76 Å². The SMILES string of the molecule is C=C1OC(=Nc2c(C)cccc2C)c2ccccc21. The number of aliphatic imine (C=N–C) groups is 1. The standard InChI is InChI=1S/C17H15NO/c1-11-7-6-8-12(2)16(11)18-17-15-10-5-4-9-14(15)13(3)19-17/h4-10H,3H2,1-2H3. The second kappa shape index (κ2) is 4.39. The van der Waals surface area contributed by atoms with Crippen LogP contribution in [0.5, 0.6) is 0 Å². The van der Waals surface area contributed by atoms with Gasteiger partial charge in [0, 0.05) is 11.1 Å². The molecule has 0 aliphatic carbocycles. The maximum absolute atomic E-state index is 5.70. The molecule has 0 spiro atoms. The van der Waals surface area contributed by atoms with Crippen LogP contribution in [0, 0.1) is 13.8 Å². The molecule has 0 unspecified atom stereocenters. The highest BCUT2D eigenvalue weighted by molar-refractivity contribution is 6.07. The Morgan fingerprint density at radius 3 is 2.21 bits per heavy atom. The van der Waals surface area contributed by atoms with Gasteiger partial charge in [0.25, 0.3) is 0 Å². The largest absolute Gasteiger partial charge is 0.438 e. The maximum atomic E-state index is 5.70. The van der Waals surface area contributed by atoms with Crippen LogP contribution >= 0.6 is 0 Å². The average Bonchev–Trinajstić information content (AvgIpc) is 2.72. The van der Waals surface area contributed by atoms with E-state index in [2.05, 4.69) is 37.6 Å². The van der Waals surface area contributed by atoms with Gasteiger partial charge in [-0.1, -0.05) is 43.0 Å². The van der Waals surface area contributed by atoms with Crippen LogP contribution in [0.1, 0.15) is 22.3 Å². The van der Waals surface area contributed by atoms with E-state index in [1.54, 1.807) is 0 Å². The van der Waals surface area contributed by atoms with Gasteiger partial charge in [0.05, 0.1) is 5.69 Å². The highest BCUT2D eigenvalue weighted by Crippen LogP contribution is 2.32. The molecule has 0 saturated carbocycles. The highest BCUT2D eigenvalue weighted by atomic mass is 16.5. The van der Waals surface area contributed by atoms with Crippen LogP contribution in [0.4, 0.5) is 5.69 Å². The van der Waals surface area contributed by atoms with Crippen molar-refractivity contribution in [2.24, 2.45) is 4.99 Å². The molecule has 1 aliphatic heterocycles. The normalized spacial score (nSPS) is 15.5. The Kier molecular flexibility index (Phi) is 2.71. The van der Waals surface area contributed by atoms with Gasteiger partial charge in [0.2, 0.25) is 5.90 Å². The van der Waals surface area contributed by atoms with Crippen molar-refractivity contribution in [3.8, 4) is 0 Å². The number of rotatable bonds is 1. The van der Waals surface area contributed by atoms with E-state index in [9.17, 15) is 0 Å². The Morgan fingerprint density at radius 1 is 0.895 bits per heavy atom. The fourth-order valence-electron chi connectivity index (χ4n) is 2.31. The molecule has 0 bridgehead atoms. The molecule has 0 radical (unpaired) electrons. The summed E-state index contributed by atoms with van der Waals surface area (Å²) in [4.78, 5) is 4.68. The highest BCUT2D eigenvalue weighted by Gasteiger charge is 2.22. The minimum Gasteiger partial charge on any atom is -0.438 e. The number of hydrogen-bond acceptors (Lipinski definition) is 2. The summed E-state index contributed by atoms with van der Waals surface area (Å²) in [6.45, 7) is 8.04. The second-order valence-corrected chi connectivity index (χ2v) is 4.73. The van der Waals surface area contributed by atoms with E-state index in [0.29, 0.717) is 11.7 Å². The third-order valence-corrected chi connectivity index (χ3v) is 3.33. The number of fused-ring (bicyclic) bond motifs is 1. The Hall–Kier alpha value is -2.35. The quantitative estimate of drug-likeness (QED) is 0.734. The summed E-state index contributed by atoms with van der Waals surface area (Å²) in [6, 6.07) is 14.1. The van der Waals surface area contributed by atoms with Crippen LogP contribution in [0.15, 0.2) is 54.0 Å². The first-order valence-corrected chi connectivity index (χ1v) is 6.28. The van der Waals surface area contributed by atoms with E-state index < -0.39 is 0 Å². The third kappa shape index (κ3) is 1.95. The topological polar surface area (TPSA) is 21.6 Å². The second-order valence-electron chi connectivity index (χ2n) is 4.73. The number of nitrogens with zero attached hydrogens (tertiary/aromatic N) is 1. The summed E-state index contributed by atoms with van der Waals surface area (Å²) in [7, 11) is 0. The first kappa shape index (κ1) is 11.7. The van der Waals surface area contributed by atoms with Crippen molar-refractivity contribution in [3.63, 3.8) is 0 Å². The first-order valence-electron chi connectivity index (χ1n) is 6.28. The molecule has 2 nitrogen and oxygen atoms in total. The van der Waals surface area contributed by atoms with Gasteiger partial charge in [-0.15, -0.1) is 0 Å². The molecule has 0 aromatic heterocycles. The molecule has 2 heteroatoms. The van der Waals surface area contributed by atoms with Crippen LogP contribution in [-0.2, 0) is 4.74 Å². The summed E-state index contributed by atoms with van der Waals surface area (Å²) < 4.78 is 5.70. The van der Waals surface area contributed by atoms with Gasteiger partial charge in [-0.3, -0.25) is 0 Å². The van der Waals surface area contributed by atoms with Gasteiger partial charge >= 0.3 is 0 Å². The van der Waals surface area contributed by atoms with Crippen molar-refractivity contribution < 1.29 is 4.74 Å². The minimum atomic E-state index is 0.637. The summed E-state index contributed by atoms with van der Waals surface area (Å²) in [5.74, 6) is 1.30. The number of benzene rings is 2. The molecular formula is C17H15NO. The van der Waals surface area contributed by atoms with Crippen molar-refractivity contribution in [1.82, 2.24) is 0 Å². The summed E-state index contributed by atoms with van der Waals surface area (Å²) in [5, 5.41) is 0. The zero-order valence-electron chi connectivity index (χ0n) is 11.1. The molecule has 1 aliphatic rings. The third-order valence-electron chi connectivity index (χ3n) is 3.33. The van der Waals surface area contributed by atoms with E-state index in [1.807, 2.05) is 30.3 Å². The summed E-state index contributed by atoms with van der Waals surface area (Å²) in [6.07, 6.45) is 0. The van der Waals surface area contributed by atoms with Crippen LogP contribution in [0.3, 0.4) is 0 Å². The molecule has 19 heavy (non-hydrogen) atoms. The van der Waals surface area contributed by atoms with Crippen molar-refractivity contribution in [2.45, 2.75) is 13.8 Å². The molecule has 0 atom stereocenters. The first-order chi connectivity index (χ1) is 9.16. The Balaban J connectivity index is 2.14. The zero-order valence-corrected chi connectivity index (χ0v) is 11.1. The lowest BCUT2D eigenvalue weighted by Gasteiger charge is -2.05. The Morgan fingerprint density at radius 2 is 1.53 bits per heavy atom. The van der Waals surface area contributed by atoms with E-state index in [1.165, 1.54) is 0 Å². The average molecular weight is 249 g/mol. The monoisotopic (exact) mass is 249 g/mol. The van der Waals surface area contributed by atoms with Crippen molar-refractivity contribution in [1.29, 1.82) is 0 Å². The molecule has 2 aromatic rings. The van der Waals surface area contributed by atoms with E-state index in [0.717, 1.165) is 27.9 Å². The van der Waals surface area contributed by atoms with E-state index >= 15 is 0 Å². The maximum Gasteiger partial charge on any atom is 0.227 e. The van der Waals surface area contributed by atoms with Gasteiger partial charge in [-0.2, -0.15) is 0 Å². The lowest BCUT2D eigenvalue weighted by atomic mass is 10.1. The molecule has 94 valence electrons. The predicted molar refractivity (Wildman–Crippen MR) is 78.7 cm³/mol.